The third-order valence-electron chi connectivity index (χ3n) is 2.54. The van der Waals surface area contributed by atoms with E-state index in [-0.39, 0.29) is 12.0 Å². The molecule has 1 nitrogen and oxygen atoms in total. The molecule has 0 unspecified atom stereocenters. The van der Waals surface area contributed by atoms with E-state index in [0.29, 0.717) is 0 Å². The van der Waals surface area contributed by atoms with Gasteiger partial charge in [-0.25, -0.2) is 0 Å². The van der Waals surface area contributed by atoms with E-state index in [1.54, 1.807) is 0 Å². The SMILES string of the molecule is CCc1cc(Cl)cc(C(C)(C)CO)c1. The van der Waals surface area contributed by atoms with Crippen molar-refractivity contribution in [3.63, 3.8) is 0 Å². The molecule has 0 radical (unpaired) electrons. The van der Waals surface area contributed by atoms with E-state index in [4.69, 9.17) is 11.6 Å². The molecule has 2 heteroatoms. The summed E-state index contributed by atoms with van der Waals surface area (Å²) in [6.07, 6.45) is 0.967. The number of benzene rings is 1. The number of aryl methyl sites for hydroxylation is 1. The molecule has 1 aromatic rings. The van der Waals surface area contributed by atoms with E-state index in [1.807, 2.05) is 26.0 Å². The predicted octanol–water partition coefficient (Wildman–Crippen LogP) is 3.17. The fourth-order valence-corrected chi connectivity index (χ4v) is 1.59. The Hall–Kier alpha value is -0.530. The molecule has 0 heterocycles. The Labute approximate surface area is 90.7 Å². The van der Waals surface area contributed by atoms with E-state index in [0.717, 1.165) is 17.0 Å². The third kappa shape index (κ3) is 2.49. The van der Waals surface area contributed by atoms with Gasteiger partial charge in [-0.15, -0.1) is 0 Å². The molecule has 78 valence electrons. The monoisotopic (exact) mass is 212 g/mol. The highest BCUT2D eigenvalue weighted by Crippen LogP contribution is 2.26. The maximum Gasteiger partial charge on any atom is 0.0522 e. The van der Waals surface area contributed by atoms with E-state index in [2.05, 4.69) is 13.0 Å². The number of hydrogen-bond donors (Lipinski definition) is 1. The zero-order valence-corrected chi connectivity index (χ0v) is 9.73. The highest BCUT2D eigenvalue weighted by Gasteiger charge is 2.19. The van der Waals surface area contributed by atoms with Crippen LogP contribution in [0.3, 0.4) is 0 Å². The quantitative estimate of drug-likeness (QED) is 0.816. The second-order valence-electron chi connectivity index (χ2n) is 4.24. The van der Waals surface area contributed by atoms with Gasteiger partial charge in [0.15, 0.2) is 0 Å². The fraction of sp³-hybridized carbons (Fsp3) is 0.500. The number of hydrogen-bond acceptors (Lipinski definition) is 1. The topological polar surface area (TPSA) is 20.2 Å². The molecule has 0 spiro atoms. The molecular formula is C12H17ClO. The standard InChI is InChI=1S/C12H17ClO/c1-4-9-5-10(7-11(13)6-9)12(2,3)8-14/h5-7,14H,4,8H2,1-3H3. The zero-order valence-electron chi connectivity index (χ0n) is 8.97. The van der Waals surface area contributed by atoms with Crippen LogP contribution in [0.15, 0.2) is 18.2 Å². The molecule has 1 N–H and O–H groups in total. The molecule has 0 saturated heterocycles. The van der Waals surface area contributed by atoms with Crippen LogP contribution in [-0.4, -0.2) is 11.7 Å². The van der Waals surface area contributed by atoms with Gasteiger partial charge in [0.2, 0.25) is 0 Å². The van der Waals surface area contributed by atoms with E-state index < -0.39 is 0 Å². The molecule has 0 bridgehead atoms. The summed E-state index contributed by atoms with van der Waals surface area (Å²) in [6, 6.07) is 6.01. The Kier molecular flexibility index (Phi) is 3.57. The van der Waals surface area contributed by atoms with Crippen LogP contribution in [0.25, 0.3) is 0 Å². The average molecular weight is 213 g/mol. The van der Waals surface area contributed by atoms with Crippen LogP contribution < -0.4 is 0 Å². The van der Waals surface area contributed by atoms with Gasteiger partial charge < -0.3 is 5.11 Å². The Morgan fingerprint density at radius 3 is 2.43 bits per heavy atom. The normalized spacial score (nSPS) is 11.8. The first kappa shape index (κ1) is 11.5. The first-order valence-electron chi connectivity index (χ1n) is 4.90. The summed E-state index contributed by atoms with van der Waals surface area (Å²) >= 11 is 6.01. The van der Waals surface area contributed by atoms with Crippen LogP contribution in [0, 0.1) is 0 Å². The number of aliphatic hydroxyl groups is 1. The van der Waals surface area contributed by atoms with Gasteiger partial charge in [0.25, 0.3) is 0 Å². The predicted molar refractivity (Wildman–Crippen MR) is 60.9 cm³/mol. The molecule has 1 rings (SSSR count). The summed E-state index contributed by atoms with van der Waals surface area (Å²) in [5.74, 6) is 0. The Morgan fingerprint density at radius 1 is 1.29 bits per heavy atom. The zero-order chi connectivity index (χ0) is 10.8. The first-order chi connectivity index (χ1) is 6.49. The minimum Gasteiger partial charge on any atom is -0.395 e. The number of rotatable bonds is 3. The van der Waals surface area contributed by atoms with Crippen LogP contribution in [-0.2, 0) is 11.8 Å². The van der Waals surface area contributed by atoms with Crippen molar-refractivity contribution in [1.29, 1.82) is 0 Å². The summed E-state index contributed by atoms with van der Waals surface area (Å²) in [6.45, 7) is 6.26. The van der Waals surface area contributed by atoms with Crippen molar-refractivity contribution in [1.82, 2.24) is 0 Å². The van der Waals surface area contributed by atoms with Crippen molar-refractivity contribution in [2.45, 2.75) is 32.6 Å². The number of halogens is 1. The summed E-state index contributed by atoms with van der Waals surface area (Å²) in [7, 11) is 0. The molecule has 0 aliphatic rings. The van der Waals surface area contributed by atoms with Gasteiger partial charge in [0.05, 0.1) is 6.61 Å². The van der Waals surface area contributed by atoms with Crippen molar-refractivity contribution in [3.8, 4) is 0 Å². The Morgan fingerprint density at radius 2 is 1.93 bits per heavy atom. The third-order valence-corrected chi connectivity index (χ3v) is 2.76. The minimum atomic E-state index is -0.213. The van der Waals surface area contributed by atoms with Crippen LogP contribution in [0.5, 0.6) is 0 Å². The van der Waals surface area contributed by atoms with E-state index in [1.165, 1.54) is 5.56 Å². The highest BCUT2D eigenvalue weighted by molar-refractivity contribution is 6.30. The molecule has 0 aromatic heterocycles. The lowest BCUT2D eigenvalue weighted by Gasteiger charge is -2.23. The van der Waals surface area contributed by atoms with Gasteiger partial charge in [0, 0.05) is 10.4 Å². The average Bonchev–Trinajstić information content (AvgIpc) is 2.16. The molecule has 0 aliphatic carbocycles. The van der Waals surface area contributed by atoms with Crippen LogP contribution in [0.4, 0.5) is 0 Å². The lowest BCUT2D eigenvalue weighted by molar-refractivity contribution is 0.218. The Bertz CT molecular complexity index is 318. The highest BCUT2D eigenvalue weighted by atomic mass is 35.5. The molecular weight excluding hydrogens is 196 g/mol. The van der Waals surface area contributed by atoms with Gasteiger partial charge in [-0.1, -0.05) is 38.4 Å². The minimum absolute atomic E-state index is 0.135. The van der Waals surface area contributed by atoms with Gasteiger partial charge in [-0.2, -0.15) is 0 Å². The molecule has 1 aromatic carbocycles. The molecule has 0 aliphatic heterocycles. The summed E-state index contributed by atoms with van der Waals surface area (Å²) < 4.78 is 0. The maximum atomic E-state index is 9.26. The first-order valence-corrected chi connectivity index (χ1v) is 5.28. The fourth-order valence-electron chi connectivity index (χ4n) is 1.34. The largest absolute Gasteiger partial charge is 0.395 e. The second-order valence-corrected chi connectivity index (χ2v) is 4.68. The van der Waals surface area contributed by atoms with Crippen LogP contribution in [0.2, 0.25) is 5.02 Å². The smallest absolute Gasteiger partial charge is 0.0522 e. The van der Waals surface area contributed by atoms with Crippen LogP contribution in [0.1, 0.15) is 31.9 Å². The molecule has 0 fully saturated rings. The van der Waals surface area contributed by atoms with Gasteiger partial charge in [-0.3, -0.25) is 0 Å². The lowest BCUT2D eigenvalue weighted by Crippen LogP contribution is -2.22. The van der Waals surface area contributed by atoms with Crippen molar-refractivity contribution in [3.05, 3.63) is 34.3 Å². The molecule has 0 saturated carbocycles. The van der Waals surface area contributed by atoms with E-state index in [9.17, 15) is 5.11 Å². The maximum absolute atomic E-state index is 9.26. The second kappa shape index (κ2) is 4.33. The summed E-state index contributed by atoms with van der Waals surface area (Å²) in [5.41, 5.74) is 2.10. The molecule has 14 heavy (non-hydrogen) atoms. The van der Waals surface area contributed by atoms with Crippen LogP contribution >= 0.6 is 11.6 Å². The van der Waals surface area contributed by atoms with Gasteiger partial charge >= 0.3 is 0 Å². The van der Waals surface area contributed by atoms with Crippen molar-refractivity contribution in [2.24, 2.45) is 0 Å². The van der Waals surface area contributed by atoms with Gasteiger partial charge in [0.1, 0.15) is 0 Å². The van der Waals surface area contributed by atoms with E-state index >= 15 is 0 Å². The summed E-state index contributed by atoms with van der Waals surface area (Å²) in [4.78, 5) is 0. The summed E-state index contributed by atoms with van der Waals surface area (Å²) in [5, 5.41) is 10.0. The van der Waals surface area contributed by atoms with Crippen molar-refractivity contribution < 1.29 is 5.11 Å². The molecule has 0 amide bonds. The van der Waals surface area contributed by atoms with Gasteiger partial charge in [-0.05, 0) is 29.7 Å². The van der Waals surface area contributed by atoms with Crippen molar-refractivity contribution in [2.75, 3.05) is 6.61 Å². The molecule has 0 atom stereocenters. The number of aliphatic hydroxyl groups excluding tert-OH is 1. The Balaban J connectivity index is 3.15. The lowest BCUT2D eigenvalue weighted by atomic mass is 9.84. The van der Waals surface area contributed by atoms with Crippen molar-refractivity contribution >= 4 is 11.6 Å².